The summed E-state index contributed by atoms with van der Waals surface area (Å²) in [6, 6.07) is 4.93. The summed E-state index contributed by atoms with van der Waals surface area (Å²) in [5, 5.41) is 15.7. The lowest BCUT2D eigenvalue weighted by atomic mass is 9.50. The van der Waals surface area contributed by atoms with Gasteiger partial charge < -0.3 is 9.88 Å². The minimum Gasteiger partial charge on any atom is -0.349 e. The molecule has 2 unspecified atom stereocenters. The van der Waals surface area contributed by atoms with E-state index in [-0.39, 0.29) is 29.1 Å². The first-order chi connectivity index (χ1) is 12.6. The third-order valence-corrected chi connectivity index (χ3v) is 6.42. The van der Waals surface area contributed by atoms with Crippen LogP contribution in [0.2, 0.25) is 0 Å². The highest BCUT2D eigenvalue weighted by atomic mass is 16.2. The second-order valence-electron chi connectivity index (χ2n) is 8.41. The van der Waals surface area contributed by atoms with E-state index in [1.54, 1.807) is 23.1 Å². The Balaban J connectivity index is 1.39. The quantitative estimate of drug-likeness (QED) is 0.872. The van der Waals surface area contributed by atoms with Gasteiger partial charge in [0.15, 0.2) is 6.33 Å². The summed E-state index contributed by atoms with van der Waals surface area (Å²) < 4.78 is 1.45. The molecule has 8 nitrogen and oxygen atoms in total. The molecule has 4 aliphatic carbocycles. The normalized spacial score (nSPS) is 34.8. The second kappa shape index (κ2) is 5.49. The molecule has 4 atom stereocenters. The summed E-state index contributed by atoms with van der Waals surface area (Å²) in [5.74, 6) is 1.07. The van der Waals surface area contributed by atoms with Gasteiger partial charge in [0.25, 0.3) is 5.56 Å². The molecule has 4 aliphatic rings. The van der Waals surface area contributed by atoms with Crippen molar-refractivity contribution in [2.45, 2.75) is 56.1 Å². The Morgan fingerprint density at radius 3 is 2.73 bits per heavy atom. The van der Waals surface area contributed by atoms with Crippen LogP contribution < -0.4 is 10.9 Å². The molecule has 4 fully saturated rings. The monoisotopic (exact) mass is 354 g/mol. The van der Waals surface area contributed by atoms with Crippen molar-refractivity contribution in [1.82, 2.24) is 30.1 Å². The first kappa shape index (κ1) is 15.7. The third-order valence-electron chi connectivity index (χ3n) is 6.42. The minimum absolute atomic E-state index is 0.0608. The van der Waals surface area contributed by atoms with Crippen LogP contribution in [0.15, 0.2) is 35.5 Å². The van der Waals surface area contributed by atoms with Crippen LogP contribution in [0.3, 0.4) is 0 Å². The third kappa shape index (κ3) is 2.47. The van der Waals surface area contributed by atoms with E-state index >= 15 is 0 Å². The summed E-state index contributed by atoms with van der Waals surface area (Å²) in [5.41, 5.74) is -0.499. The number of carbonyl (C=O) groups is 1. The zero-order valence-electron chi connectivity index (χ0n) is 14.5. The molecule has 0 spiro atoms. The largest absolute Gasteiger partial charge is 0.349 e. The van der Waals surface area contributed by atoms with Crippen LogP contribution in [0.25, 0.3) is 0 Å². The van der Waals surface area contributed by atoms with Gasteiger partial charge in [0, 0.05) is 17.8 Å². The molecule has 0 aliphatic heterocycles. The summed E-state index contributed by atoms with van der Waals surface area (Å²) >= 11 is 0. The van der Waals surface area contributed by atoms with Gasteiger partial charge >= 0.3 is 0 Å². The molecule has 136 valence electrons. The lowest BCUT2D eigenvalue weighted by Crippen LogP contribution is -2.66. The average molecular weight is 354 g/mol. The Bertz CT molecular complexity index is 875. The summed E-state index contributed by atoms with van der Waals surface area (Å²) in [7, 11) is 0. The Labute approximate surface area is 150 Å². The summed E-state index contributed by atoms with van der Waals surface area (Å²) in [4.78, 5) is 26.4. The summed E-state index contributed by atoms with van der Waals surface area (Å²) in [6.07, 6.45) is 9.37. The molecular formula is C18H22N6O2. The molecule has 4 bridgehead atoms. The fourth-order valence-corrected chi connectivity index (χ4v) is 6.06. The van der Waals surface area contributed by atoms with Gasteiger partial charge in [0.1, 0.15) is 6.54 Å². The number of nitrogens with one attached hydrogen (secondary N) is 1. The maximum Gasteiger partial charge on any atom is 0.250 e. The molecule has 6 rings (SSSR count). The number of hydrogen-bond donors (Lipinski definition) is 1. The van der Waals surface area contributed by atoms with Crippen molar-refractivity contribution in [2.24, 2.45) is 11.8 Å². The molecule has 0 saturated heterocycles. The van der Waals surface area contributed by atoms with Crippen molar-refractivity contribution in [3.8, 4) is 0 Å². The molecule has 1 N–H and O–H groups in total. The van der Waals surface area contributed by atoms with Crippen molar-refractivity contribution >= 4 is 5.91 Å². The molecule has 0 aromatic carbocycles. The van der Waals surface area contributed by atoms with Crippen LogP contribution in [0.4, 0.5) is 0 Å². The molecule has 2 aromatic rings. The maximum atomic E-state index is 12.7. The first-order valence-corrected chi connectivity index (χ1v) is 9.26. The Hall–Kier alpha value is -2.51. The van der Waals surface area contributed by atoms with Gasteiger partial charge in [-0.15, -0.1) is 10.2 Å². The Kier molecular flexibility index (Phi) is 3.32. The zero-order valence-corrected chi connectivity index (χ0v) is 14.5. The number of rotatable bonds is 4. The molecule has 1 amide bonds. The van der Waals surface area contributed by atoms with Crippen molar-refractivity contribution in [3.05, 3.63) is 41.1 Å². The van der Waals surface area contributed by atoms with E-state index < -0.39 is 0 Å². The van der Waals surface area contributed by atoms with Crippen LogP contribution in [0, 0.1) is 11.8 Å². The van der Waals surface area contributed by atoms with Crippen LogP contribution in [0.1, 0.15) is 38.5 Å². The van der Waals surface area contributed by atoms with Crippen LogP contribution in [0.5, 0.6) is 0 Å². The highest BCUT2D eigenvalue weighted by molar-refractivity contribution is 5.76. The average Bonchev–Trinajstić information content (AvgIpc) is 3.10. The highest BCUT2D eigenvalue weighted by Crippen LogP contribution is 2.60. The van der Waals surface area contributed by atoms with Crippen molar-refractivity contribution in [2.75, 3.05) is 0 Å². The van der Waals surface area contributed by atoms with Gasteiger partial charge in [-0.3, -0.25) is 9.59 Å². The van der Waals surface area contributed by atoms with E-state index in [0.29, 0.717) is 11.8 Å². The molecule has 4 saturated carbocycles. The van der Waals surface area contributed by atoms with Crippen LogP contribution >= 0.6 is 0 Å². The molecule has 0 radical (unpaired) electrons. The molecule has 2 aromatic heterocycles. The van der Waals surface area contributed by atoms with Gasteiger partial charge in [-0.05, 0) is 61.6 Å². The molecular weight excluding hydrogens is 332 g/mol. The van der Waals surface area contributed by atoms with E-state index in [0.717, 1.165) is 32.1 Å². The predicted octanol–water partition coefficient (Wildman–Crippen LogP) is 0.699. The number of amides is 1. The van der Waals surface area contributed by atoms with Crippen LogP contribution in [-0.4, -0.2) is 36.2 Å². The fraction of sp³-hybridized carbons (Fsp3) is 0.611. The van der Waals surface area contributed by atoms with Gasteiger partial charge in [0.05, 0.1) is 5.54 Å². The number of pyridine rings is 1. The van der Waals surface area contributed by atoms with Gasteiger partial charge in [-0.25, -0.2) is 0 Å². The van der Waals surface area contributed by atoms with Gasteiger partial charge in [-0.2, -0.15) is 4.80 Å². The number of nitrogens with zero attached hydrogens (tertiary/aromatic N) is 5. The number of hydrogen-bond acceptors (Lipinski definition) is 5. The van der Waals surface area contributed by atoms with E-state index in [4.69, 9.17) is 0 Å². The zero-order chi connectivity index (χ0) is 17.8. The van der Waals surface area contributed by atoms with Gasteiger partial charge in [0.2, 0.25) is 5.91 Å². The highest BCUT2D eigenvalue weighted by Gasteiger charge is 2.60. The lowest BCUT2D eigenvalue weighted by Gasteiger charge is -2.61. The lowest BCUT2D eigenvalue weighted by molar-refractivity contribution is -0.132. The van der Waals surface area contributed by atoms with E-state index in [1.807, 2.05) is 0 Å². The van der Waals surface area contributed by atoms with Crippen molar-refractivity contribution < 1.29 is 4.79 Å². The van der Waals surface area contributed by atoms with Crippen molar-refractivity contribution in [3.63, 3.8) is 0 Å². The molecule has 2 heterocycles. The Morgan fingerprint density at radius 2 is 2.04 bits per heavy atom. The SMILES string of the molecule is O=C(Cn1ccccc1=O)NC12C[C@H]3C[C@@H](C1)CC(n1ncnn1)(C3)C2. The van der Waals surface area contributed by atoms with Crippen molar-refractivity contribution in [1.29, 1.82) is 0 Å². The van der Waals surface area contributed by atoms with E-state index in [2.05, 4.69) is 20.7 Å². The standard InChI is InChI=1S/C18H22N6O2/c25-15(10-23-4-2-1-3-16(23)26)21-17-6-13-5-14(7-17)9-18(8-13,11-17)24-20-12-19-22-24/h1-4,12-14H,5-11H2,(H,21,25)/t13-,14+,17?,18?. The first-order valence-electron chi connectivity index (χ1n) is 9.26. The number of aromatic nitrogens is 5. The van der Waals surface area contributed by atoms with Crippen LogP contribution in [-0.2, 0) is 16.9 Å². The minimum atomic E-state index is -0.215. The van der Waals surface area contributed by atoms with Gasteiger partial charge in [-0.1, -0.05) is 6.07 Å². The smallest absolute Gasteiger partial charge is 0.250 e. The Morgan fingerprint density at radius 1 is 1.23 bits per heavy atom. The number of carbonyl (C=O) groups excluding carboxylic acids is 1. The molecule has 26 heavy (non-hydrogen) atoms. The second-order valence-corrected chi connectivity index (χ2v) is 8.41. The van der Waals surface area contributed by atoms with E-state index in [9.17, 15) is 9.59 Å². The fourth-order valence-electron chi connectivity index (χ4n) is 6.06. The number of tetrazole rings is 1. The topological polar surface area (TPSA) is 94.7 Å². The predicted molar refractivity (Wildman–Crippen MR) is 92.0 cm³/mol. The molecule has 8 heteroatoms. The maximum absolute atomic E-state index is 12.7. The summed E-state index contributed by atoms with van der Waals surface area (Å²) in [6.45, 7) is 0.0608. The van der Waals surface area contributed by atoms with E-state index in [1.165, 1.54) is 23.4 Å².